The smallest absolute Gasteiger partial charge is 0.326 e. The number of carboxylic acids is 1. The molecule has 0 spiro atoms. The minimum Gasteiger partial charge on any atom is -0.496 e. The Bertz CT molecular complexity index is 500. The van der Waals surface area contributed by atoms with E-state index in [2.05, 4.69) is 0 Å². The molecule has 5 heteroatoms. The number of hydrogen-bond donors (Lipinski definition) is 1. The largest absolute Gasteiger partial charge is 0.496 e. The molecule has 5 nitrogen and oxygen atoms in total. The Kier molecular flexibility index (Phi) is 4.61. The monoisotopic (exact) mass is 277 g/mol. The summed E-state index contributed by atoms with van der Waals surface area (Å²) < 4.78 is 5.22. The van der Waals surface area contributed by atoms with Crippen molar-refractivity contribution in [1.82, 2.24) is 4.90 Å². The highest BCUT2D eigenvalue weighted by molar-refractivity contribution is 5.85. The molecule has 0 bridgehead atoms. The van der Waals surface area contributed by atoms with Crippen LogP contribution < -0.4 is 4.74 Å². The quantitative estimate of drug-likeness (QED) is 0.909. The maximum Gasteiger partial charge on any atom is 0.326 e. The lowest BCUT2D eigenvalue weighted by Crippen LogP contribution is -2.48. The topological polar surface area (TPSA) is 66.8 Å². The van der Waals surface area contributed by atoms with Gasteiger partial charge in [0.25, 0.3) is 0 Å². The molecule has 0 aliphatic carbocycles. The molecule has 1 aliphatic rings. The highest BCUT2D eigenvalue weighted by atomic mass is 16.5. The van der Waals surface area contributed by atoms with E-state index >= 15 is 0 Å². The van der Waals surface area contributed by atoms with Crippen LogP contribution in [0.15, 0.2) is 24.3 Å². The van der Waals surface area contributed by atoms with E-state index in [1.807, 2.05) is 18.2 Å². The summed E-state index contributed by atoms with van der Waals surface area (Å²) in [6, 6.07) is 6.62. The summed E-state index contributed by atoms with van der Waals surface area (Å²) in [6.45, 7) is 0.519. The van der Waals surface area contributed by atoms with Gasteiger partial charge in [0, 0.05) is 12.1 Å². The summed E-state index contributed by atoms with van der Waals surface area (Å²) in [7, 11) is 1.56. The third-order valence-electron chi connectivity index (χ3n) is 3.64. The third-order valence-corrected chi connectivity index (χ3v) is 3.64. The number of rotatable bonds is 4. The van der Waals surface area contributed by atoms with E-state index < -0.39 is 12.0 Å². The summed E-state index contributed by atoms with van der Waals surface area (Å²) in [4.78, 5) is 25.1. The van der Waals surface area contributed by atoms with Gasteiger partial charge in [-0.2, -0.15) is 0 Å². The number of para-hydroxylation sites is 1. The first-order chi connectivity index (χ1) is 9.63. The molecule has 1 aliphatic heterocycles. The number of carbonyl (C=O) groups excluding carboxylic acids is 1. The zero-order chi connectivity index (χ0) is 14.5. The van der Waals surface area contributed by atoms with Gasteiger partial charge in [0.15, 0.2) is 0 Å². The van der Waals surface area contributed by atoms with Crippen LogP contribution in [0.25, 0.3) is 0 Å². The van der Waals surface area contributed by atoms with E-state index in [0.29, 0.717) is 18.7 Å². The van der Waals surface area contributed by atoms with Crippen molar-refractivity contribution >= 4 is 11.9 Å². The minimum atomic E-state index is -0.918. The van der Waals surface area contributed by atoms with Crippen molar-refractivity contribution in [3.63, 3.8) is 0 Å². The number of benzene rings is 1. The van der Waals surface area contributed by atoms with Gasteiger partial charge in [-0.25, -0.2) is 4.79 Å². The predicted molar refractivity (Wildman–Crippen MR) is 73.7 cm³/mol. The van der Waals surface area contributed by atoms with E-state index in [1.54, 1.807) is 13.2 Å². The van der Waals surface area contributed by atoms with Gasteiger partial charge in [-0.15, -0.1) is 0 Å². The Labute approximate surface area is 118 Å². The van der Waals surface area contributed by atoms with Gasteiger partial charge in [0.1, 0.15) is 11.8 Å². The van der Waals surface area contributed by atoms with Crippen LogP contribution in [0.2, 0.25) is 0 Å². The Morgan fingerprint density at radius 1 is 1.35 bits per heavy atom. The Morgan fingerprint density at radius 2 is 2.10 bits per heavy atom. The number of hydrogen-bond acceptors (Lipinski definition) is 3. The Morgan fingerprint density at radius 3 is 2.80 bits per heavy atom. The number of methoxy groups -OCH3 is 1. The molecule has 108 valence electrons. The van der Waals surface area contributed by atoms with Crippen LogP contribution in [0.5, 0.6) is 5.75 Å². The fourth-order valence-electron chi connectivity index (χ4n) is 2.60. The van der Waals surface area contributed by atoms with Gasteiger partial charge in [0.2, 0.25) is 5.91 Å². The molecule has 0 radical (unpaired) electrons. The van der Waals surface area contributed by atoms with Gasteiger partial charge in [-0.05, 0) is 25.3 Å². The van der Waals surface area contributed by atoms with Crippen LogP contribution >= 0.6 is 0 Å². The number of nitrogens with zero attached hydrogens (tertiary/aromatic N) is 1. The SMILES string of the molecule is COc1ccccc1CC(=O)N1CCCC[C@@H]1C(=O)O. The fraction of sp³-hybridized carbons (Fsp3) is 0.467. The molecule has 1 aromatic rings. The molecule has 1 atom stereocenters. The highest BCUT2D eigenvalue weighted by Crippen LogP contribution is 2.22. The first-order valence-electron chi connectivity index (χ1n) is 6.77. The molecule has 1 fully saturated rings. The number of ether oxygens (including phenoxy) is 1. The highest BCUT2D eigenvalue weighted by Gasteiger charge is 2.31. The van der Waals surface area contributed by atoms with Crippen molar-refractivity contribution < 1.29 is 19.4 Å². The number of carbonyl (C=O) groups is 2. The second-order valence-corrected chi connectivity index (χ2v) is 4.93. The molecule has 1 aromatic carbocycles. The normalized spacial score (nSPS) is 18.6. The maximum atomic E-state index is 12.4. The number of carboxylic acid groups (broad SMARTS) is 1. The molecule has 0 aromatic heterocycles. The average Bonchev–Trinajstić information content (AvgIpc) is 2.47. The maximum absolute atomic E-state index is 12.4. The van der Waals surface area contributed by atoms with Gasteiger partial charge in [0.05, 0.1) is 13.5 Å². The van der Waals surface area contributed by atoms with E-state index in [9.17, 15) is 14.7 Å². The van der Waals surface area contributed by atoms with E-state index in [4.69, 9.17) is 4.74 Å². The van der Waals surface area contributed by atoms with E-state index in [0.717, 1.165) is 18.4 Å². The zero-order valence-electron chi connectivity index (χ0n) is 11.5. The molecule has 0 unspecified atom stereocenters. The molecule has 1 saturated heterocycles. The van der Waals surface area contributed by atoms with E-state index in [-0.39, 0.29) is 12.3 Å². The predicted octanol–water partition coefficient (Wildman–Crippen LogP) is 1.70. The first-order valence-corrected chi connectivity index (χ1v) is 6.77. The van der Waals surface area contributed by atoms with Crippen LogP contribution in [-0.4, -0.2) is 41.6 Å². The average molecular weight is 277 g/mol. The minimum absolute atomic E-state index is 0.151. The van der Waals surface area contributed by atoms with Crippen LogP contribution in [0.1, 0.15) is 24.8 Å². The second kappa shape index (κ2) is 6.41. The lowest BCUT2D eigenvalue weighted by molar-refractivity contribution is -0.151. The number of likely N-dealkylation sites (tertiary alicyclic amines) is 1. The van der Waals surface area contributed by atoms with Crippen molar-refractivity contribution in [3.8, 4) is 5.75 Å². The zero-order valence-corrected chi connectivity index (χ0v) is 11.5. The Balaban J connectivity index is 2.12. The molecule has 0 saturated carbocycles. The van der Waals surface area contributed by atoms with Crippen LogP contribution in [0.3, 0.4) is 0 Å². The third kappa shape index (κ3) is 3.10. The number of aliphatic carboxylic acids is 1. The molecule has 1 amide bonds. The van der Waals surface area contributed by atoms with Crippen LogP contribution in [0, 0.1) is 0 Å². The van der Waals surface area contributed by atoms with Gasteiger partial charge in [-0.1, -0.05) is 18.2 Å². The van der Waals surface area contributed by atoms with E-state index in [1.165, 1.54) is 4.90 Å². The van der Waals surface area contributed by atoms with Gasteiger partial charge in [-0.3, -0.25) is 4.79 Å². The lowest BCUT2D eigenvalue weighted by atomic mass is 10.0. The number of amides is 1. The first kappa shape index (κ1) is 14.4. The molecule has 2 rings (SSSR count). The summed E-state index contributed by atoms with van der Waals surface area (Å²) in [5.74, 6) is -0.413. The van der Waals surface area contributed by atoms with Gasteiger partial charge >= 0.3 is 5.97 Å². The van der Waals surface area contributed by atoms with Crippen molar-refractivity contribution in [2.24, 2.45) is 0 Å². The van der Waals surface area contributed by atoms with Crippen LogP contribution in [0.4, 0.5) is 0 Å². The number of piperidine rings is 1. The molecule has 1 heterocycles. The summed E-state index contributed by atoms with van der Waals surface area (Å²) in [5, 5.41) is 9.21. The summed E-state index contributed by atoms with van der Waals surface area (Å²) in [6.07, 6.45) is 2.43. The summed E-state index contributed by atoms with van der Waals surface area (Å²) in [5.41, 5.74) is 0.787. The fourth-order valence-corrected chi connectivity index (χ4v) is 2.60. The van der Waals surface area contributed by atoms with Crippen LogP contribution in [-0.2, 0) is 16.0 Å². The van der Waals surface area contributed by atoms with Crippen molar-refractivity contribution in [3.05, 3.63) is 29.8 Å². The van der Waals surface area contributed by atoms with Crippen molar-refractivity contribution in [2.75, 3.05) is 13.7 Å². The Hall–Kier alpha value is -2.04. The molecule has 1 N–H and O–H groups in total. The standard InChI is InChI=1S/C15H19NO4/c1-20-13-8-3-2-6-11(13)10-14(17)16-9-5-4-7-12(16)15(18)19/h2-3,6,8,12H,4-5,7,9-10H2,1H3,(H,18,19)/t12-/m1/s1. The molecular weight excluding hydrogens is 258 g/mol. The van der Waals surface area contributed by atoms with Crippen molar-refractivity contribution in [1.29, 1.82) is 0 Å². The van der Waals surface area contributed by atoms with Crippen molar-refractivity contribution in [2.45, 2.75) is 31.7 Å². The summed E-state index contributed by atoms with van der Waals surface area (Å²) >= 11 is 0. The molecular formula is C15H19NO4. The van der Waals surface area contributed by atoms with Gasteiger partial charge < -0.3 is 14.7 Å². The second-order valence-electron chi connectivity index (χ2n) is 4.93. The molecule has 20 heavy (non-hydrogen) atoms. The lowest BCUT2D eigenvalue weighted by Gasteiger charge is -2.33.